The largest absolute Gasteiger partial charge is 0.477 e. The van der Waals surface area contributed by atoms with Gasteiger partial charge < -0.3 is 9.84 Å². The molecular formula is C9H13N3O4. The number of carboxylic acids is 1. The van der Waals surface area contributed by atoms with Gasteiger partial charge in [-0.05, 0) is 20.8 Å². The van der Waals surface area contributed by atoms with Gasteiger partial charge in [-0.3, -0.25) is 10.4 Å². The summed E-state index contributed by atoms with van der Waals surface area (Å²) >= 11 is 0. The number of aromatic carboxylic acids is 1. The van der Waals surface area contributed by atoms with Crippen LogP contribution in [0, 0.1) is 0 Å². The number of rotatable bonds is 2. The van der Waals surface area contributed by atoms with Crippen LogP contribution >= 0.6 is 0 Å². The van der Waals surface area contributed by atoms with Crippen molar-refractivity contribution in [1.29, 1.82) is 0 Å². The number of anilines is 1. The van der Waals surface area contributed by atoms with E-state index in [9.17, 15) is 9.59 Å². The van der Waals surface area contributed by atoms with E-state index in [1.54, 1.807) is 20.8 Å². The lowest BCUT2D eigenvalue weighted by atomic mass is 10.2. The first-order valence-corrected chi connectivity index (χ1v) is 4.56. The lowest BCUT2D eigenvalue weighted by Crippen LogP contribution is -2.27. The van der Waals surface area contributed by atoms with Crippen LogP contribution in [-0.4, -0.2) is 33.0 Å². The van der Waals surface area contributed by atoms with Crippen molar-refractivity contribution in [3.05, 3.63) is 11.8 Å². The highest BCUT2D eigenvalue weighted by atomic mass is 16.6. The molecular weight excluding hydrogens is 214 g/mol. The molecule has 1 aromatic heterocycles. The number of aromatic nitrogens is 2. The molecule has 0 bridgehead atoms. The van der Waals surface area contributed by atoms with Gasteiger partial charge in [0.2, 0.25) is 0 Å². The van der Waals surface area contributed by atoms with E-state index in [4.69, 9.17) is 9.84 Å². The zero-order chi connectivity index (χ0) is 12.3. The van der Waals surface area contributed by atoms with Gasteiger partial charge in [0.05, 0.1) is 6.20 Å². The van der Waals surface area contributed by atoms with Crippen LogP contribution in [-0.2, 0) is 4.74 Å². The van der Waals surface area contributed by atoms with Gasteiger partial charge in [0.15, 0.2) is 0 Å². The molecule has 0 radical (unpaired) electrons. The Morgan fingerprint density at radius 1 is 1.50 bits per heavy atom. The standard InChI is InChI=1S/C9H13N3O4/c1-9(2,3)16-8(15)11-6-5(7(13)14)4-10-12-6/h4H,1-3H3,(H,13,14)(H2,10,11,12,15). The van der Waals surface area contributed by atoms with Crippen molar-refractivity contribution < 1.29 is 19.4 Å². The summed E-state index contributed by atoms with van der Waals surface area (Å²) in [5.41, 5.74) is -0.765. The minimum atomic E-state index is -1.18. The Labute approximate surface area is 91.8 Å². The van der Waals surface area contributed by atoms with Gasteiger partial charge in [0, 0.05) is 0 Å². The molecule has 0 saturated carbocycles. The Morgan fingerprint density at radius 2 is 2.12 bits per heavy atom. The molecule has 0 spiro atoms. The number of nitrogens with one attached hydrogen (secondary N) is 2. The van der Waals surface area contributed by atoms with E-state index >= 15 is 0 Å². The van der Waals surface area contributed by atoms with E-state index in [1.807, 2.05) is 0 Å². The van der Waals surface area contributed by atoms with Crippen LogP contribution < -0.4 is 5.32 Å². The van der Waals surface area contributed by atoms with Crippen molar-refractivity contribution in [3.8, 4) is 0 Å². The Morgan fingerprint density at radius 3 is 2.62 bits per heavy atom. The van der Waals surface area contributed by atoms with E-state index in [-0.39, 0.29) is 11.4 Å². The highest BCUT2D eigenvalue weighted by Gasteiger charge is 2.19. The zero-order valence-electron chi connectivity index (χ0n) is 9.20. The Kier molecular flexibility index (Phi) is 3.17. The fraction of sp³-hybridized carbons (Fsp3) is 0.444. The average Bonchev–Trinajstić information content (AvgIpc) is 2.47. The third kappa shape index (κ3) is 3.26. The van der Waals surface area contributed by atoms with Crippen LogP contribution in [0.25, 0.3) is 0 Å². The van der Waals surface area contributed by atoms with E-state index in [0.29, 0.717) is 0 Å². The molecule has 1 rings (SSSR count). The van der Waals surface area contributed by atoms with Gasteiger partial charge in [0.25, 0.3) is 0 Å². The predicted octanol–water partition coefficient (Wildman–Crippen LogP) is 1.45. The van der Waals surface area contributed by atoms with Gasteiger partial charge in [-0.15, -0.1) is 0 Å². The zero-order valence-corrected chi connectivity index (χ0v) is 9.20. The number of carbonyl (C=O) groups excluding carboxylic acids is 1. The predicted molar refractivity (Wildman–Crippen MR) is 55.4 cm³/mol. The average molecular weight is 227 g/mol. The second-order valence-corrected chi connectivity index (χ2v) is 4.09. The lowest BCUT2D eigenvalue weighted by Gasteiger charge is -2.19. The van der Waals surface area contributed by atoms with Gasteiger partial charge in [0.1, 0.15) is 17.0 Å². The maximum Gasteiger partial charge on any atom is 0.413 e. The van der Waals surface area contributed by atoms with E-state index < -0.39 is 17.7 Å². The number of carbonyl (C=O) groups is 2. The number of carboxylic acid groups (broad SMARTS) is 1. The molecule has 7 heteroatoms. The Balaban J connectivity index is 2.70. The fourth-order valence-corrected chi connectivity index (χ4v) is 0.949. The number of hydrogen-bond acceptors (Lipinski definition) is 4. The summed E-state index contributed by atoms with van der Waals surface area (Å²) in [6, 6.07) is 0. The first-order chi connectivity index (χ1) is 7.29. The van der Waals surface area contributed by atoms with Gasteiger partial charge in [-0.2, -0.15) is 5.10 Å². The van der Waals surface area contributed by atoms with Crippen LogP contribution in [0.1, 0.15) is 31.1 Å². The molecule has 3 N–H and O–H groups in total. The van der Waals surface area contributed by atoms with E-state index in [0.717, 1.165) is 6.20 Å². The summed E-state index contributed by atoms with van der Waals surface area (Å²) in [4.78, 5) is 22.0. The smallest absolute Gasteiger partial charge is 0.413 e. The Hall–Kier alpha value is -2.05. The fourth-order valence-electron chi connectivity index (χ4n) is 0.949. The van der Waals surface area contributed by atoms with E-state index in [1.165, 1.54) is 0 Å². The highest BCUT2D eigenvalue weighted by Crippen LogP contribution is 2.13. The van der Waals surface area contributed by atoms with Crippen molar-refractivity contribution in [1.82, 2.24) is 10.2 Å². The molecule has 1 aromatic rings. The molecule has 0 atom stereocenters. The molecule has 0 aliphatic carbocycles. The summed E-state index contributed by atoms with van der Waals surface area (Å²) in [5.74, 6) is -1.18. The molecule has 1 heterocycles. The lowest BCUT2D eigenvalue weighted by molar-refractivity contribution is 0.0635. The summed E-state index contributed by atoms with van der Waals surface area (Å²) in [6.07, 6.45) is 0.369. The topological polar surface area (TPSA) is 104 Å². The number of nitrogens with zero attached hydrogens (tertiary/aromatic N) is 1. The normalized spacial score (nSPS) is 10.9. The van der Waals surface area contributed by atoms with Crippen molar-refractivity contribution in [2.24, 2.45) is 0 Å². The van der Waals surface area contributed by atoms with E-state index in [2.05, 4.69) is 15.5 Å². The van der Waals surface area contributed by atoms with Crippen molar-refractivity contribution in [2.45, 2.75) is 26.4 Å². The molecule has 0 aliphatic rings. The Bertz CT molecular complexity index is 405. The molecule has 0 unspecified atom stereocenters. The maximum absolute atomic E-state index is 11.3. The molecule has 0 saturated heterocycles. The minimum absolute atomic E-state index is 0.00162. The van der Waals surface area contributed by atoms with Crippen molar-refractivity contribution in [2.75, 3.05) is 5.32 Å². The summed E-state index contributed by atoms with van der Waals surface area (Å²) in [7, 11) is 0. The van der Waals surface area contributed by atoms with Gasteiger partial charge in [-0.25, -0.2) is 9.59 Å². The maximum atomic E-state index is 11.3. The summed E-state index contributed by atoms with van der Waals surface area (Å²) in [5, 5.41) is 16.9. The van der Waals surface area contributed by atoms with Gasteiger partial charge in [-0.1, -0.05) is 0 Å². The molecule has 16 heavy (non-hydrogen) atoms. The molecule has 0 aromatic carbocycles. The van der Waals surface area contributed by atoms with Crippen LogP contribution in [0.3, 0.4) is 0 Å². The quantitative estimate of drug-likeness (QED) is 0.709. The first-order valence-electron chi connectivity index (χ1n) is 4.56. The van der Waals surface area contributed by atoms with Crippen LogP contribution in [0.4, 0.5) is 10.6 Å². The minimum Gasteiger partial charge on any atom is -0.477 e. The number of hydrogen-bond donors (Lipinski definition) is 3. The molecule has 1 amide bonds. The molecule has 88 valence electrons. The first kappa shape index (κ1) is 12.0. The summed E-state index contributed by atoms with van der Waals surface area (Å²) in [6.45, 7) is 5.12. The molecule has 0 fully saturated rings. The number of ether oxygens (including phenoxy) is 1. The second-order valence-electron chi connectivity index (χ2n) is 4.09. The third-order valence-corrected chi connectivity index (χ3v) is 1.50. The molecule has 7 nitrogen and oxygen atoms in total. The highest BCUT2D eigenvalue weighted by molar-refractivity contribution is 5.97. The number of H-pyrrole nitrogens is 1. The van der Waals surface area contributed by atoms with Crippen LogP contribution in [0.15, 0.2) is 6.20 Å². The second kappa shape index (κ2) is 4.21. The number of amides is 1. The summed E-state index contributed by atoms with van der Waals surface area (Å²) < 4.78 is 4.96. The van der Waals surface area contributed by atoms with Crippen LogP contribution in [0.5, 0.6) is 0 Å². The molecule has 0 aliphatic heterocycles. The van der Waals surface area contributed by atoms with Crippen LogP contribution in [0.2, 0.25) is 0 Å². The van der Waals surface area contributed by atoms with Crippen molar-refractivity contribution in [3.63, 3.8) is 0 Å². The monoisotopic (exact) mass is 227 g/mol. The van der Waals surface area contributed by atoms with Crippen molar-refractivity contribution >= 4 is 17.9 Å². The SMILES string of the molecule is CC(C)(C)OC(=O)Nc1[nH]ncc1C(=O)O. The third-order valence-electron chi connectivity index (χ3n) is 1.50. The number of aromatic amines is 1. The van der Waals surface area contributed by atoms with Gasteiger partial charge >= 0.3 is 12.1 Å².